The number of nitrogens with one attached hydrogen (secondary N) is 1. The highest BCUT2D eigenvalue weighted by Gasteiger charge is 2.39. The molecule has 0 bridgehead atoms. The first-order valence-corrected chi connectivity index (χ1v) is 9.42. The molecule has 6 nitrogen and oxygen atoms in total. The molecular formula is C17H17ClN2O4S. The van der Waals surface area contributed by atoms with Gasteiger partial charge >= 0.3 is 0 Å². The number of amides is 1. The van der Waals surface area contributed by atoms with Gasteiger partial charge in [0, 0.05) is 11.6 Å². The number of halogens is 1. The molecule has 0 fully saturated rings. The van der Waals surface area contributed by atoms with Gasteiger partial charge in [0.2, 0.25) is 10.0 Å². The first-order valence-electron chi connectivity index (χ1n) is 7.60. The molecule has 0 aliphatic carbocycles. The number of fused-ring (bicyclic) bond motifs is 1. The van der Waals surface area contributed by atoms with Crippen molar-refractivity contribution < 1.29 is 18.0 Å². The van der Waals surface area contributed by atoms with Gasteiger partial charge in [-0.15, -0.1) is 0 Å². The van der Waals surface area contributed by atoms with Crippen molar-refractivity contribution in [2.45, 2.75) is 23.9 Å². The molecule has 1 heterocycles. The maximum absolute atomic E-state index is 13.1. The van der Waals surface area contributed by atoms with Crippen LogP contribution in [0.1, 0.15) is 11.1 Å². The number of carbonyl (C=O) groups is 1. The summed E-state index contributed by atoms with van der Waals surface area (Å²) in [7, 11) is -2.56. The molecule has 132 valence electrons. The van der Waals surface area contributed by atoms with E-state index in [9.17, 15) is 13.2 Å². The molecule has 0 spiro atoms. The van der Waals surface area contributed by atoms with E-state index in [1.54, 1.807) is 0 Å². The van der Waals surface area contributed by atoms with E-state index < -0.39 is 22.0 Å². The summed E-state index contributed by atoms with van der Waals surface area (Å²) in [6.07, 6.45) is 0.276. The van der Waals surface area contributed by atoms with Crippen LogP contribution in [0.15, 0.2) is 53.4 Å². The molecule has 1 atom stereocenters. The largest absolute Gasteiger partial charge is 0.277 e. The lowest BCUT2D eigenvalue weighted by molar-refractivity contribution is -0.135. The van der Waals surface area contributed by atoms with Crippen LogP contribution in [0.3, 0.4) is 0 Å². The predicted molar refractivity (Wildman–Crippen MR) is 93.3 cm³/mol. The molecule has 1 amide bonds. The molecule has 0 aromatic heterocycles. The third-order valence-electron chi connectivity index (χ3n) is 4.13. The van der Waals surface area contributed by atoms with Gasteiger partial charge in [-0.25, -0.2) is 13.9 Å². The molecule has 1 aliphatic rings. The van der Waals surface area contributed by atoms with Crippen LogP contribution in [0.25, 0.3) is 0 Å². The fourth-order valence-electron chi connectivity index (χ4n) is 2.89. The van der Waals surface area contributed by atoms with Crippen LogP contribution in [0.5, 0.6) is 0 Å². The number of sulfonamides is 1. The Balaban J connectivity index is 2.03. The van der Waals surface area contributed by atoms with E-state index in [1.165, 1.54) is 35.7 Å². The molecule has 3 rings (SSSR count). The molecule has 0 saturated heterocycles. The van der Waals surface area contributed by atoms with E-state index in [-0.39, 0.29) is 17.9 Å². The van der Waals surface area contributed by atoms with Gasteiger partial charge in [0.15, 0.2) is 0 Å². The highest BCUT2D eigenvalue weighted by atomic mass is 35.5. The van der Waals surface area contributed by atoms with Gasteiger partial charge in [0.25, 0.3) is 5.91 Å². The average molecular weight is 381 g/mol. The third-order valence-corrected chi connectivity index (χ3v) is 6.25. The Kier molecular flexibility index (Phi) is 5.10. The summed E-state index contributed by atoms with van der Waals surface area (Å²) in [5.41, 5.74) is 4.06. The summed E-state index contributed by atoms with van der Waals surface area (Å²) in [5, 5.41) is 0.441. The van der Waals surface area contributed by atoms with Gasteiger partial charge in [0.05, 0.1) is 12.0 Å². The standard InChI is InChI=1S/C17H17ClN2O4S/c1-24-19-17(21)16-10-12-4-2-3-5-13(12)11-20(16)25(22,23)15-8-6-14(18)7-9-15/h2-9,16H,10-11H2,1H3,(H,19,21). The van der Waals surface area contributed by atoms with Crippen molar-refractivity contribution in [3.05, 3.63) is 64.7 Å². The Bertz CT molecular complexity index is 884. The van der Waals surface area contributed by atoms with E-state index in [2.05, 4.69) is 10.3 Å². The molecule has 1 aliphatic heterocycles. The van der Waals surface area contributed by atoms with Crippen LogP contribution >= 0.6 is 11.6 Å². The van der Waals surface area contributed by atoms with Crippen molar-refractivity contribution in [1.82, 2.24) is 9.79 Å². The fourth-order valence-corrected chi connectivity index (χ4v) is 4.58. The number of hydroxylamine groups is 1. The lowest BCUT2D eigenvalue weighted by Crippen LogP contribution is -2.52. The van der Waals surface area contributed by atoms with Gasteiger partial charge in [0.1, 0.15) is 6.04 Å². The molecule has 1 N–H and O–H groups in total. The zero-order valence-electron chi connectivity index (χ0n) is 13.5. The van der Waals surface area contributed by atoms with Gasteiger partial charge < -0.3 is 0 Å². The summed E-state index contributed by atoms with van der Waals surface area (Å²) in [6.45, 7) is 0.114. The monoisotopic (exact) mass is 380 g/mol. The van der Waals surface area contributed by atoms with Crippen molar-refractivity contribution in [2.24, 2.45) is 0 Å². The van der Waals surface area contributed by atoms with E-state index in [0.717, 1.165) is 11.1 Å². The Morgan fingerprint density at radius 3 is 2.44 bits per heavy atom. The van der Waals surface area contributed by atoms with E-state index in [1.807, 2.05) is 24.3 Å². The Labute approximate surface area is 151 Å². The SMILES string of the molecule is CONC(=O)C1Cc2ccccc2CN1S(=O)(=O)c1ccc(Cl)cc1. The first kappa shape index (κ1) is 17.9. The van der Waals surface area contributed by atoms with Crippen LogP contribution in [-0.4, -0.2) is 31.8 Å². The normalized spacial score (nSPS) is 17.8. The van der Waals surface area contributed by atoms with Crippen LogP contribution in [0, 0.1) is 0 Å². The van der Waals surface area contributed by atoms with Crippen molar-refractivity contribution >= 4 is 27.5 Å². The van der Waals surface area contributed by atoms with Crippen LogP contribution in [0.4, 0.5) is 0 Å². The van der Waals surface area contributed by atoms with Crippen molar-refractivity contribution in [1.29, 1.82) is 0 Å². The number of rotatable bonds is 4. The number of carbonyl (C=O) groups excluding carboxylic acids is 1. The summed E-state index contributed by atoms with van der Waals surface area (Å²) < 4.78 is 27.4. The zero-order chi connectivity index (χ0) is 18.0. The van der Waals surface area contributed by atoms with Crippen LogP contribution in [0.2, 0.25) is 5.02 Å². The maximum Gasteiger partial charge on any atom is 0.262 e. The summed E-state index contributed by atoms with van der Waals surface area (Å²) in [4.78, 5) is 17.2. The highest BCUT2D eigenvalue weighted by Crippen LogP contribution is 2.29. The fraction of sp³-hybridized carbons (Fsp3) is 0.235. The second kappa shape index (κ2) is 7.13. The second-order valence-corrected chi connectivity index (χ2v) is 7.99. The van der Waals surface area contributed by atoms with Crippen LogP contribution in [-0.2, 0) is 32.6 Å². The Morgan fingerprint density at radius 2 is 1.80 bits per heavy atom. The molecule has 2 aromatic rings. The molecule has 0 saturated carbocycles. The van der Waals surface area contributed by atoms with Crippen molar-refractivity contribution in [3.8, 4) is 0 Å². The Hall–Kier alpha value is -1.93. The maximum atomic E-state index is 13.1. The number of hydrogen-bond donors (Lipinski definition) is 1. The highest BCUT2D eigenvalue weighted by molar-refractivity contribution is 7.89. The minimum absolute atomic E-state index is 0.0893. The molecule has 0 radical (unpaired) electrons. The smallest absolute Gasteiger partial charge is 0.262 e. The van der Waals surface area contributed by atoms with Gasteiger partial charge in [-0.3, -0.25) is 9.63 Å². The summed E-state index contributed by atoms with van der Waals surface area (Å²) in [5.74, 6) is -0.505. The first-order chi connectivity index (χ1) is 11.9. The topological polar surface area (TPSA) is 75.7 Å². The van der Waals surface area contributed by atoms with Gasteiger partial charge in [-0.05, 0) is 41.8 Å². The van der Waals surface area contributed by atoms with E-state index in [0.29, 0.717) is 5.02 Å². The van der Waals surface area contributed by atoms with E-state index >= 15 is 0 Å². The van der Waals surface area contributed by atoms with Gasteiger partial charge in [-0.2, -0.15) is 4.31 Å². The second-order valence-electron chi connectivity index (χ2n) is 5.66. The lowest BCUT2D eigenvalue weighted by Gasteiger charge is -2.34. The number of nitrogens with zero attached hydrogens (tertiary/aromatic N) is 1. The summed E-state index contributed by atoms with van der Waals surface area (Å²) >= 11 is 5.85. The number of hydrogen-bond acceptors (Lipinski definition) is 4. The lowest BCUT2D eigenvalue weighted by atomic mass is 9.95. The quantitative estimate of drug-likeness (QED) is 0.824. The zero-order valence-corrected chi connectivity index (χ0v) is 15.0. The number of benzene rings is 2. The molecule has 8 heteroatoms. The van der Waals surface area contributed by atoms with E-state index in [4.69, 9.17) is 11.6 Å². The average Bonchev–Trinajstić information content (AvgIpc) is 2.61. The minimum atomic E-state index is -3.88. The van der Waals surface area contributed by atoms with Crippen molar-refractivity contribution in [3.63, 3.8) is 0 Å². The Morgan fingerprint density at radius 1 is 1.16 bits per heavy atom. The van der Waals surface area contributed by atoms with Crippen LogP contribution < -0.4 is 5.48 Å². The molecule has 2 aromatic carbocycles. The van der Waals surface area contributed by atoms with Crippen molar-refractivity contribution in [2.75, 3.05) is 7.11 Å². The summed E-state index contributed by atoms with van der Waals surface area (Å²) in [6, 6.07) is 12.5. The third kappa shape index (κ3) is 3.55. The molecular weight excluding hydrogens is 364 g/mol. The minimum Gasteiger partial charge on any atom is -0.277 e. The predicted octanol–water partition coefficient (Wildman–Crippen LogP) is 2.13. The molecule has 1 unspecified atom stereocenters. The molecule has 25 heavy (non-hydrogen) atoms. The van der Waals surface area contributed by atoms with Gasteiger partial charge in [-0.1, -0.05) is 35.9 Å².